The highest BCUT2D eigenvalue weighted by molar-refractivity contribution is 7.91. The van der Waals surface area contributed by atoms with Crippen LogP contribution in [-0.2, 0) is 14.6 Å². The average Bonchev–Trinajstić information content (AvgIpc) is 3.52. The van der Waals surface area contributed by atoms with Crippen molar-refractivity contribution in [1.82, 2.24) is 10.6 Å². The summed E-state index contributed by atoms with van der Waals surface area (Å²) in [5, 5.41) is 13.8. The van der Waals surface area contributed by atoms with E-state index in [1.807, 2.05) is 6.07 Å². The predicted octanol–water partition coefficient (Wildman–Crippen LogP) is 4.20. The number of sulfone groups is 1. The Bertz CT molecular complexity index is 1180. The van der Waals surface area contributed by atoms with Gasteiger partial charge in [-0.15, -0.1) is 0 Å². The number of nitrogens with one attached hydrogen (secondary N) is 2. The van der Waals surface area contributed by atoms with Crippen LogP contribution in [0.3, 0.4) is 0 Å². The summed E-state index contributed by atoms with van der Waals surface area (Å²) in [6, 6.07) is 7.94. The molecule has 12 heteroatoms. The SMILES string of the molecule is N#CC1(NC(=O)[C@H](CS(=O)(=O)c2ccc(Cl)c(Cl)c2)NC(c2ccccc2)C(F)(F)F)CC1. The van der Waals surface area contributed by atoms with Gasteiger partial charge in [0.15, 0.2) is 9.84 Å². The second-order valence-electron chi connectivity index (χ2n) is 7.65. The van der Waals surface area contributed by atoms with Crippen LogP contribution in [0.5, 0.6) is 0 Å². The van der Waals surface area contributed by atoms with Crippen LogP contribution in [0.2, 0.25) is 10.0 Å². The number of rotatable bonds is 8. The molecule has 1 aliphatic carbocycles. The normalized spacial score (nSPS) is 17.0. The molecule has 2 N–H and O–H groups in total. The lowest BCUT2D eigenvalue weighted by Crippen LogP contribution is -2.54. The molecule has 2 atom stereocenters. The number of carbonyl (C=O) groups is 1. The Balaban J connectivity index is 1.95. The molecule has 176 valence electrons. The Morgan fingerprint density at radius 1 is 1.12 bits per heavy atom. The molecule has 2 aromatic rings. The van der Waals surface area contributed by atoms with Crippen molar-refractivity contribution in [3.63, 3.8) is 0 Å². The fourth-order valence-corrected chi connectivity index (χ4v) is 4.94. The number of amides is 1. The lowest BCUT2D eigenvalue weighted by Gasteiger charge is -2.28. The van der Waals surface area contributed by atoms with Crippen molar-refractivity contribution < 1.29 is 26.4 Å². The predicted molar refractivity (Wildman–Crippen MR) is 116 cm³/mol. The van der Waals surface area contributed by atoms with Gasteiger partial charge in [0.25, 0.3) is 0 Å². The first-order chi connectivity index (χ1) is 15.4. The van der Waals surface area contributed by atoms with E-state index in [2.05, 4.69) is 10.6 Å². The largest absolute Gasteiger partial charge is 0.407 e. The van der Waals surface area contributed by atoms with Gasteiger partial charge in [0.2, 0.25) is 5.91 Å². The van der Waals surface area contributed by atoms with Crippen LogP contribution in [0.25, 0.3) is 0 Å². The maximum Gasteiger partial charge on any atom is 0.407 e. The van der Waals surface area contributed by atoms with Crippen LogP contribution in [-0.4, -0.2) is 37.8 Å². The van der Waals surface area contributed by atoms with Gasteiger partial charge in [0.05, 0.1) is 26.8 Å². The minimum absolute atomic E-state index is 0.0643. The summed E-state index contributed by atoms with van der Waals surface area (Å²) >= 11 is 11.7. The second kappa shape index (κ2) is 9.50. The third kappa shape index (κ3) is 6.18. The van der Waals surface area contributed by atoms with Gasteiger partial charge in [-0.3, -0.25) is 10.1 Å². The van der Waals surface area contributed by atoms with Crippen molar-refractivity contribution in [2.24, 2.45) is 0 Å². The number of nitrogens with zero attached hydrogens (tertiary/aromatic N) is 1. The Hall–Kier alpha value is -2.32. The third-order valence-electron chi connectivity index (χ3n) is 5.11. The zero-order valence-electron chi connectivity index (χ0n) is 16.9. The van der Waals surface area contributed by atoms with Crippen LogP contribution < -0.4 is 10.6 Å². The second-order valence-corrected chi connectivity index (χ2v) is 10.5. The van der Waals surface area contributed by atoms with Gasteiger partial charge in [0, 0.05) is 0 Å². The van der Waals surface area contributed by atoms with Gasteiger partial charge in [-0.1, -0.05) is 53.5 Å². The molecule has 0 saturated heterocycles. The smallest absolute Gasteiger partial charge is 0.336 e. The van der Waals surface area contributed by atoms with Crippen molar-refractivity contribution in [2.45, 2.75) is 41.5 Å². The van der Waals surface area contributed by atoms with E-state index in [0.717, 1.165) is 12.1 Å². The summed E-state index contributed by atoms with van der Waals surface area (Å²) in [6.07, 6.45) is -4.19. The van der Waals surface area contributed by atoms with E-state index in [0.29, 0.717) is 12.8 Å². The summed E-state index contributed by atoms with van der Waals surface area (Å²) in [6.45, 7) is 0. The Morgan fingerprint density at radius 2 is 1.76 bits per heavy atom. The molecule has 0 radical (unpaired) electrons. The fraction of sp³-hybridized carbons (Fsp3) is 0.333. The maximum absolute atomic E-state index is 13.9. The molecule has 1 aliphatic rings. The van der Waals surface area contributed by atoms with Gasteiger partial charge < -0.3 is 5.32 Å². The molecule has 0 aromatic heterocycles. The molecule has 0 bridgehead atoms. The minimum atomic E-state index is -4.83. The Kier molecular flexibility index (Phi) is 7.29. The quantitative estimate of drug-likeness (QED) is 0.544. The molecule has 1 fully saturated rings. The number of halogens is 5. The summed E-state index contributed by atoms with van der Waals surface area (Å²) in [5.74, 6) is -2.03. The summed E-state index contributed by atoms with van der Waals surface area (Å²) < 4.78 is 67.5. The number of hydrogen-bond acceptors (Lipinski definition) is 5. The number of hydrogen-bond donors (Lipinski definition) is 2. The number of benzene rings is 2. The Morgan fingerprint density at radius 3 is 2.27 bits per heavy atom. The van der Waals surface area contributed by atoms with Gasteiger partial charge in [-0.2, -0.15) is 18.4 Å². The first-order valence-corrected chi connectivity index (χ1v) is 12.1. The fourth-order valence-electron chi connectivity index (χ4n) is 3.12. The van der Waals surface area contributed by atoms with Crippen molar-refractivity contribution >= 4 is 38.9 Å². The molecule has 1 amide bonds. The molecule has 0 aliphatic heterocycles. The van der Waals surface area contributed by atoms with Crippen LogP contribution >= 0.6 is 23.2 Å². The van der Waals surface area contributed by atoms with E-state index < -0.39 is 45.3 Å². The van der Waals surface area contributed by atoms with E-state index in [1.165, 1.54) is 36.4 Å². The van der Waals surface area contributed by atoms with E-state index >= 15 is 0 Å². The Labute approximate surface area is 198 Å². The molecule has 2 aromatic carbocycles. The molecule has 1 unspecified atom stereocenters. The molecule has 0 spiro atoms. The zero-order valence-corrected chi connectivity index (χ0v) is 19.2. The van der Waals surface area contributed by atoms with Gasteiger partial charge in [-0.05, 0) is 36.6 Å². The molecule has 0 heterocycles. The van der Waals surface area contributed by atoms with Gasteiger partial charge in [-0.25, -0.2) is 8.42 Å². The highest BCUT2D eigenvalue weighted by Gasteiger charge is 2.48. The monoisotopic (exact) mass is 519 g/mol. The highest BCUT2D eigenvalue weighted by Crippen LogP contribution is 2.36. The van der Waals surface area contributed by atoms with Crippen molar-refractivity contribution in [3.8, 4) is 6.07 Å². The van der Waals surface area contributed by atoms with Gasteiger partial charge >= 0.3 is 6.18 Å². The molecular weight excluding hydrogens is 502 g/mol. The van der Waals surface area contributed by atoms with Gasteiger partial charge in [0.1, 0.15) is 17.6 Å². The molecule has 1 saturated carbocycles. The van der Waals surface area contributed by atoms with Crippen LogP contribution in [0.4, 0.5) is 13.2 Å². The summed E-state index contributed by atoms with van der Waals surface area (Å²) in [7, 11) is -4.28. The lowest BCUT2D eigenvalue weighted by atomic mass is 10.1. The highest BCUT2D eigenvalue weighted by atomic mass is 35.5. The standard InChI is InChI=1S/C21H18Cl2F3N3O3S/c22-15-7-6-14(10-16(15)23)33(31,32)11-17(19(30)29-20(12-27)8-9-20)28-18(21(24,25)26)13-4-2-1-3-5-13/h1-7,10,17-18,28H,8-9,11H2,(H,29,30)/t17-,18?/m0/s1. The maximum atomic E-state index is 13.9. The van der Waals surface area contributed by atoms with Crippen LogP contribution in [0, 0.1) is 11.3 Å². The lowest BCUT2D eigenvalue weighted by molar-refractivity contribution is -0.160. The number of alkyl halides is 3. The molecule has 6 nitrogen and oxygen atoms in total. The van der Waals surface area contributed by atoms with E-state index in [9.17, 15) is 31.6 Å². The first-order valence-electron chi connectivity index (χ1n) is 9.66. The van der Waals surface area contributed by atoms with Crippen molar-refractivity contribution in [3.05, 3.63) is 64.1 Å². The van der Waals surface area contributed by atoms with E-state index in [1.54, 1.807) is 0 Å². The molecule has 3 rings (SSSR count). The third-order valence-corrected chi connectivity index (χ3v) is 7.59. The average molecular weight is 520 g/mol. The summed E-state index contributed by atoms with van der Waals surface area (Å²) in [5.41, 5.74) is -1.40. The molecular formula is C21H18Cl2F3N3O3S. The number of nitriles is 1. The topological polar surface area (TPSA) is 99.1 Å². The van der Waals surface area contributed by atoms with Crippen molar-refractivity contribution in [1.29, 1.82) is 5.26 Å². The van der Waals surface area contributed by atoms with E-state index in [-0.39, 0.29) is 20.5 Å². The zero-order chi connectivity index (χ0) is 24.4. The summed E-state index contributed by atoms with van der Waals surface area (Å²) in [4.78, 5) is 12.6. The van der Waals surface area contributed by atoms with Crippen LogP contribution in [0.15, 0.2) is 53.4 Å². The number of carbonyl (C=O) groups excluding carboxylic acids is 1. The van der Waals surface area contributed by atoms with Crippen molar-refractivity contribution in [2.75, 3.05) is 5.75 Å². The van der Waals surface area contributed by atoms with E-state index in [4.69, 9.17) is 23.2 Å². The first kappa shape index (κ1) is 25.3. The van der Waals surface area contributed by atoms with Crippen LogP contribution in [0.1, 0.15) is 24.4 Å². The molecule has 33 heavy (non-hydrogen) atoms. The minimum Gasteiger partial charge on any atom is -0.336 e.